The van der Waals surface area contributed by atoms with Gasteiger partial charge in [0.25, 0.3) is 0 Å². The van der Waals surface area contributed by atoms with Crippen molar-refractivity contribution in [1.29, 1.82) is 0 Å². The van der Waals surface area contributed by atoms with Crippen molar-refractivity contribution in [3.63, 3.8) is 0 Å². The average molecular weight is 343 g/mol. The summed E-state index contributed by atoms with van der Waals surface area (Å²) in [5.74, 6) is 2.75. The van der Waals surface area contributed by atoms with E-state index in [1.54, 1.807) is 7.11 Å². The summed E-state index contributed by atoms with van der Waals surface area (Å²) < 4.78 is 5.47. The van der Waals surface area contributed by atoms with E-state index >= 15 is 0 Å². The van der Waals surface area contributed by atoms with Gasteiger partial charge in [-0.1, -0.05) is 18.6 Å². The fraction of sp³-hybridized carbons (Fsp3) is 0.650. The van der Waals surface area contributed by atoms with Gasteiger partial charge in [0, 0.05) is 32.2 Å². The molecule has 1 aromatic rings. The number of para-hydroxylation sites is 2. The summed E-state index contributed by atoms with van der Waals surface area (Å²) in [5.41, 5.74) is 1.15. The molecule has 3 atom stereocenters. The van der Waals surface area contributed by atoms with Crippen LogP contribution in [0.3, 0.4) is 0 Å². The summed E-state index contributed by atoms with van der Waals surface area (Å²) in [6, 6.07) is 8.60. The van der Waals surface area contributed by atoms with E-state index in [4.69, 9.17) is 4.74 Å². The molecule has 2 aliphatic carbocycles. The number of rotatable bonds is 5. The standard InChI is InChI=1S/C20H29N3O2/c1-25-19-5-3-2-4-18(19)23-10-8-22(9-11-23)14-20(24)21-17-13-15-6-7-16(17)12-15/h2-5,15-17H,6-14H2,1H3,(H,21,24)/t15-,16+,17+/m0/s1. The summed E-state index contributed by atoms with van der Waals surface area (Å²) in [5, 5.41) is 3.30. The zero-order valence-corrected chi connectivity index (χ0v) is 15.1. The van der Waals surface area contributed by atoms with E-state index in [2.05, 4.69) is 21.2 Å². The van der Waals surface area contributed by atoms with E-state index in [9.17, 15) is 4.79 Å². The molecule has 4 rings (SSSR count). The fourth-order valence-corrected chi connectivity index (χ4v) is 4.91. The number of hydrogen-bond donors (Lipinski definition) is 1. The Kier molecular flexibility index (Phi) is 4.84. The van der Waals surface area contributed by atoms with Crippen LogP contribution in [0.15, 0.2) is 24.3 Å². The first-order chi connectivity index (χ1) is 12.2. The van der Waals surface area contributed by atoms with Gasteiger partial charge >= 0.3 is 0 Å². The van der Waals surface area contributed by atoms with Crippen molar-refractivity contribution in [3.05, 3.63) is 24.3 Å². The van der Waals surface area contributed by atoms with Crippen molar-refractivity contribution < 1.29 is 9.53 Å². The lowest BCUT2D eigenvalue weighted by Crippen LogP contribution is -2.51. The molecular weight excluding hydrogens is 314 g/mol. The molecule has 1 amide bonds. The van der Waals surface area contributed by atoms with Crippen LogP contribution < -0.4 is 15.0 Å². The Labute approximate surface area is 150 Å². The summed E-state index contributed by atoms with van der Waals surface area (Å²) in [6.07, 6.45) is 5.23. The van der Waals surface area contributed by atoms with Gasteiger partial charge in [-0.15, -0.1) is 0 Å². The van der Waals surface area contributed by atoms with E-state index in [1.807, 2.05) is 18.2 Å². The quantitative estimate of drug-likeness (QED) is 0.889. The molecule has 1 aliphatic heterocycles. The first-order valence-electron chi connectivity index (χ1n) is 9.62. The normalized spacial score (nSPS) is 29.0. The van der Waals surface area contributed by atoms with Crippen molar-refractivity contribution in [3.8, 4) is 5.75 Å². The minimum Gasteiger partial charge on any atom is -0.495 e. The molecule has 5 nitrogen and oxygen atoms in total. The van der Waals surface area contributed by atoms with Crippen LogP contribution in [0, 0.1) is 11.8 Å². The number of carbonyl (C=O) groups excluding carboxylic acids is 1. The maximum Gasteiger partial charge on any atom is 0.234 e. The first-order valence-corrected chi connectivity index (χ1v) is 9.62. The van der Waals surface area contributed by atoms with Crippen LogP contribution in [-0.2, 0) is 4.79 Å². The molecule has 0 radical (unpaired) electrons. The molecule has 0 spiro atoms. The smallest absolute Gasteiger partial charge is 0.234 e. The Morgan fingerprint density at radius 1 is 1.16 bits per heavy atom. The first kappa shape index (κ1) is 16.7. The number of nitrogens with one attached hydrogen (secondary N) is 1. The predicted molar refractivity (Wildman–Crippen MR) is 99.0 cm³/mol. The molecule has 3 aliphatic rings. The Hall–Kier alpha value is -1.75. The zero-order valence-electron chi connectivity index (χ0n) is 15.1. The van der Waals surface area contributed by atoms with Crippen LogP contribution in [0.1, 0.15) is 25.7 Å². The van der Waals surface area contributed by atoms with E-state index in [-0.39, 0.29) is 5.91 Å². The Morgan fingerprint density at radius 3 is 2.64 bits per heavy atom. The summed E-state index contributed by atoms with van der Waals surface area (Å²) in [6.45, 7) is 4.24. The number of methoxy groups -OCH3 is 1. The predicted octanol–water partition coefficient (Wildman–Crippen LogP) is 2.12. The van der Waals surface area contributed by atoms with E-state index in [1.165, 1.54) is 25.7 Å². The Bertz CT molecular complexity index is 613. The topological polar surface area (TPSA) is 44.8 Å². The molecular formula is C20H29N3O2. The number of amides is 1. The molecule has 2 saturated carbocycles. The molecule has 0 unspecified atom stereocenters. The van der Waals surface area contributed by atoms with Crippen molar-refractivity contribution in [1.82, 2.24) is 10.2 Å². The minimum absolute atomic E-state index is 0.211. The molecule has 136 valence electrons. The minimum atomic E-state index is 0.211. The van der Waals surface area contributed by atoms with E-state index < -0.39 is 0 Å². The van der Waals surface area contributed by atoms with Gasteiger partial charge in [-0.05, 0) is 43.2 Å². The highest BCUT2D eigenvalue weighted by atomic mass is 16.5. The van der Waals surface area contributed by atoms with E-state index in [0.717, 1.165) is 49.5 Å². The van der Waals surface area contributed by atoms with Crippen LogP contribution in [-0.4, -0.2) is 56.7 Å². The van der Waals surface area contributed by atoms with Crippen LogP contribution in [0.4, 0.5) is 5.69 Å². The second-order valence-electron chi connectivity index (χ2n) is 7.78. The Morgan fingerprint density at radius 2 is 1.96 bits per heavy atom. The Balaban J connectivity index is 1.25. The summed E-state index contributed by atoms with van der Waals surface area (Å²) in [7, 11) is 1.72. The van der Waals surface area contributed by atoms with Crippen LogP contribution >= 0.6 is 0 Å². The molecule has 1 aromatic carbocycles. The number of ether oxygens (including phenoxy) is 1. The number of nitrogens with zero attached hydrogens (tertiary/aromatic N) is 2. The highest BCUT2D eigenvalue weighted by Gasteiger charge is 2.40. The molecule has 5 heteroatoms. The summed E-state index contributed by atoms with van der Waals surface area (Å²) >= 11 is 0. The molecule has 1 N–H and O–H groups in total. The summed E-state index contributed by atoms with van der Waals surface area (Å²) in [4.78, 5) is 17.0. The highest BCUT2D eigenvalue weighted by Crippen LogP contribution is 2.44. The highest BCUT2D eigenvalue weighted by molar-refractivity contribution is 5.78. The fourth-order valence-electron chi connectivity index (χ4n) is 4.91. The molecule has 3 fully saturated rings. The van der Waals surface area contributed by atoms with Gasteiger partial charge in [0.15, 0.2) is 0 Å². The van der Waals surface area contributed by atoms with Gasteiger partial charge < -0.3 is 15.0 Å². The third kappa shape index (κ3) is 3.61. The van der Waals surface area contributed by atoms with Crippen LogP contribution in [0.2, 0.25) is 0 Å². The van der Waals surface area contributed by atoms with E-state index in [0.29, 0.717) is 12.6 Å². The van der Waals surface area contributed by atoms with Crippen molar-refractivity contribution >= 4 is 11.6 Å². The van der Waals surface area contributed by atoms with Gasteiger partial charge in [0.2, 0.25) is 5.91 Å². The van der Waals surface area contributed by atoms with Gasteiger partial charge in [0.1, 0.15) is 5.75 Å². The van der Waals surface area contributed by atoms with Crippen LogP contribution in [0.5, 0.6) is 5.75 Å². The maximum atomic E-state index is 12.4. The largest absolute Gasteiger partial charge is 0.495 e. The second-order valence-corrected chi connectivity index (χ2v) is 7.78. The van der Waals surface area contributed by atoms with Crippen molar-refractivity contribution in [2.75, 3.05) is 44.7 Å². The average Bonchev–Trinajstić information content (AvgIpc) is 3.25. The molecule has 2 bridgehead atoms. The van der Waals surface area contributed by atoms with Gasteiger partial charge in [-0.2, -0.15) is 0 Å². The lowest BCUT2D eigenvalue weighted by molar-refractivity contribution is -0.123. The second kappa shape index (κ2) is 7.24. The van der Waals surface area contributed by atoms with Crippen LogP contribution in [0.25, 0.3) is 0 Å². The third-order valence-electron chi connectivity index (χ3n) is 6.25. The number of hydrogen-bond acceptors (Lipinski definition) is 4. The SMILES string of the molecule is COc1ccccc1N1CCN(CC(=O)N[C@@H]2C[C@H]3CC[C@@H]2C3)CC1. The molecule has 1 saturated heterocycles. The number of anilines is 1. The number of benzene rings is 1. The molecule has 0 aromatic heterocycles. The molecule has 1 heterocycles. The molecule has 25 heavy (non-hydrogen) atoms. The van der Waals surface area contributed by atoms with Crippen molar-refractivity contribution in [2.24, 2.45) is 11.8 Å². The number of carbonyl (C=O) groups is 1. The lowest BCUT2D eigenvalue weighted by atomic mass is 9.95. The number of fused-ring (bicyclic) bond motifs is 2. The lowest BCUT2D eigenvalue weighted by Gasteiger charge is -2.36. The monoisotopic (exact) mass is 343 g/mol. The number of piperazine rings is 1. The zero-order chi connectivity index (χ0) is 17.2. The van der Waals surface area contributed by atoms with Gasteiger partial charge in [0.05, 0.1) is 19.3 Å². The van der Waals surface area contributed by atoms with Crippen molar-refractivity contribution in [2.45, 2.75) is 31.7 Å². The van der Waals surface area contributed by atoms with Gasteiger partial charge in [-0.25, -0.2) is 0 Å². The third-order valence-corrected chi connectivity index (χ3v) is 6.25. The maximum absolute atomic E-state index is 12.4. The van der Waals surface area contributed by atoms with Gasteiger partial charge in [-0.3, -0.25) is 9.69 Å².